The topological polar surface area (TPSA) is 75.7 Å². The second kappa shape index (κ2) is 7.82. The fourth-order valence-electron chi connectivity index (χ4n) is 2.55. The van der Waals surface area contributed by atoms with Crippen LogP contribution in [0.15, 0.2) is 59.3 Å². The predicted molar refractivity (Wildman–Crippen MR) is 103 cm³/mol. The van der Waals surface area contributed by atoms with E-state index in [1.165, 1.54) is 6.07 Å². The number of anilines is 2. The Morgan fingerprint density at radius 2 is 1.81 bits per heavy atom. The zero-order valence-corrected chi connectivity index (χ0v) is 15.7. The highest BCUT2D eigenvalue weighted by Crippen LogP contribution is 2.34. The van der Waals surface area contributed by atoms with Crippen molar-refractivity contribution in [3.8, 4) is 0 Å². The van der Waals surface area contributed by atoms with Crippen molar-refractivity contribution in [2.75, 3.05) is 16.8 Å². The minimum Gasteiger partial charge on any atom is -0.462 e. The Balaban J connectivity index is 1.89. The van der Waals surface area contributed by atoms with Crippen molar-refractivity contribution in [3.05, 3.63) is 69.8 Å². The number of ether oxygens (including phenoxy) is 1. The van der Waals surface area contributed by atoms with E-state index in [2.05, 4.69) is 5.32 Å². The van der Waals surface area contributed by atoms with Gasteiger partial charge < -0.3 is 10.1 Å². The summed E-state index contributed by atoms with van der Waals surface area (Å²) in [5.74, 6) is -1.81. The van der Waals surface area contributed by atoms with Crippen LogP contribution in [-0.2, 0) is 14.3 Å². The van der Waals surface area contributed by atoms with Crippen LogP contribution in [0.5, 0.6) is 0 Å². The zero-order chi connectivity index (χ0) is 19.6. The molecule has 1 aliphatic heterocycles. The second-order valence-corrected chi connectivity index (χ2v) is 6.30. The average Bonchev–Trinajstić information content (AvgIpc) is 2.86. The number of benzene rings is 2. The summed E-state index contributed by atoms with van der Waals surface area (Å²) < 4.78 is 4.95. The number of para-hydroxylation sites is 1. The van der Waals surface area contributed by atoms with Gasteiger partial charge in [0.25, 0.3) is 11.8 Å². The lowest BCUT2D eigenvalue weighted by atomic mass is 10.2. The van der Waals surface area contributed by atoms with Crippen LogP contribution in [0, 0.1) is 0 Å². The fraction of sp³-hybridized carbons (Fsp3) is 0.105. The van der Waals surface area contributed by atoms with Gasteiger partial charge in [-0.2, -0.15) is 0 Å². The molecule has 1 aliphatic rings. The van der Waals surface area contributed by atoms with Gasteiger partial charge in [0.2, 0.25) is 0 Å². The molecule has 0 spiro atoms. The van der Waals surface area contributed by atoms with Gasteiger partial charge in [-0.05, 0) is 37.3 Å². The highest BCUT2D eigenvalue weighted by atomic mass is 35.5. The van der Waals surface area contributed by atoms with Crippen molar-refractivity contribution < 1.29 is 19.1 Å². The van der Waals surface area contributed by atoms with Crippen LogP contribution in [0.3, 0.4) is 0 Å². The van der Waals surface area contributed by atoms with E-state index >= 15 is 0 Å². The standard InChI is InChI=1S/C19H14Cl2N2O4/c1-2-27-19(26)11-6-5-7-12(10-11)22-16-15(21)17(24)23(18(16)25)14-9-4-3-8-13(14)20/h3-10,22H,2H2,1H3. The maximum atomic E-state index is 12.8. The van der Waals surface area contributed by atoms with Gasteiger partial charge in [0, 0.05) is 5.69 Å². The number of amides is 2. The van der Waals surface area contributed by atoms with Gasteiger partial charge in [-0.15, -0.1) is 0 Å². The summed E-state index contributed by atoms with van der Waals surface area (Å²) in [6.07, 6.45) is 0. The summed E-state index contributed by atoms with van der Waals surface area (Å²) in [5.41, 5.74) is 0.862. The lowest BCUT2D eigenvalue weighted by molar-refractivity contribution is -0.120. The molecule has 0 fully saturated rings. The molecule has 0 unspecified atom stereocenters. The molecule has 0 saturated carbocycles. The first-order chi connectivity index (χ1) is 12.9. The van der Waals surface area contributed by atoms with Gasteiger partial charge >= 0.3 is 5.97 Å². The van der Waals surface area contributed by atoms with Gasteiger partial charge in [0.1, 0.15) is 10.7 Å². The van der Waals surface area contributed by atoms with Crippen molar-refractivity contribution in [1.29, 1.82) is 0 Å². The van der Waals surface area contributed by atoms with Crippen LogP contribution >= 0.6 is 23.2 Å². The van der Waals surface area contributed by atoms with Crippen molar-refractivity contribution >= 4 is 52.4 Å². The molecule has 0 saturated heterocycles. The number of nitrogens with zero attached hydrogens (tertiary/aromatic N) is 1. The van der Waals surface area contributed by atoms with Gasteiger partial charge in [-0.25, -0.2) is 9.69 Å². The molecular weight excluding hydrogens is 391 g/mol. The van der Waals surface area contributed by atoms with Crippen LogP contribution in [0.2, 0.25) is 5.02 Å². The number of carbonyl (C=O) groups excluding carboxylic acids is 3. The molecule has 3 rings (SSSR count). The second-order valence-electron chi connectivity index (χ2n) is 5.51. The van der Waals surface area contributed by atoms with Crippen LogP contribution in [0.4, 0.5) is 11.4 Å². The Kier molecular flexibility index (Phi) is 5.48. The normalized spacial score (nSPS) is 14.0. The molecule has 0 atom stereocenters. The van der Waals surface area contributed by atoms with E-state index < -0.39 is 17.8 Å². The summed E-state index contributed by atoms with van der Waals surface area (Å²) >= 11 is 12.2. The third-order valence-electron chi connectivity index (χ3n) is 3.76. The summed E-state index contributed by atoms with van der Waals surface area (Å²) in [6.45, 7) is 1.95. The molecule has 8 heteroatoms. The first kappa shape index (κ1) is 18.9. The van der Waals surface area contributed by atoms with Crippen molar-refractivity contribution in [1.82, 2.24) is 0 Å². The van der Waals surface area contributed by atoms with E-state index in [-0.39, 0.29) is 28.0 Å². The van der Waals surface area contributed by atoms with Crippen molar-refractivity contribution in [2.45, 2.75) is 6.92 Å². The lowest BCUT2D eigenvalue weighted by Crippen LogP contribution is -2.32. The molecule has 1 heterocycles. The molecular formula is C19H14Cl2N2O4. The third kappa shape index (κ3) is 3.67. The van der Waals surface area contributed by atoms with E-state index in [0.717, 1.165) is 4.90 Å². The minimum absolute atomic E-state index is 0.0948. The van der Waals surface area contributed by atoms with Crippen molar-refractivity contribution in [3.63, 3.8) is 0 Å². The Hall–Kier alpha value is -2.83. The van der Waals surface area contributed by atoms with Crippen molar-refractivity contribution in [2.24, 2.45) is 0 Å². The predicted octanol–water partition coefficient (Wildman–Crippen LogP) is 3.95. The number of esters is 1. The highest BCUT2D eigenvalue weighted by molar-refractivity contribution is 6.53. The van der Waals surface area contributed by atoms with E-state index in [0.29, 0.717) is 11.3 Å². The Labute approximate surface area is 165 Å². The number of nitrogens with one attached hydrogen (secondary N) is 1. The smallest absolute Gasteiger partial charge is 0.338 e. The van der Waals surface area contributed by atoms with Gasteiger partial charge in [-0.1, -0.05) is 41.4 Å². The largest absolute Gasteiger partial charge is 0.462 e. The van der Waals surface area contributed by atoms with Crippen LogP contribution in [0.1, 0.15) is 17.3 Å². The minimum atomic E-state index is -0.682. The maximum Gasteiger partial charge on any atom is 0.338 e. The number of hydrogen-bond acceptors (Lipinski definition) is 5. The Bertz CT molecular complexity index is 972. The zero-order valence-electron chi connectivity index (χ0n) is 14.2. The van der Waals surface area contributed by atoms with Crippen LogP contribution in [0.25, 0.3) is 0 Å². The van der Waals surface area contributed by atoms with E-state index in [1.807, 2.05) is 0 Å². The van der Waals surface area contributed by atoms with Gasteiger partial charge in [-0.3, -0.25) is 9.59 Å². The van der Waals surface area contributed by atoms with Crippen LogP contribution in [-0.4, -0.2) is 24.4 Å². The van der Waals surface area contributed by atoms with Gasteiger partial charge in [0.15, 0.2) is 0 Å². The number of halogens is 2. The number of imide groups is 1. The van der Waals surface area contributed by atoms with E-state index in [1.54, 1.807) is 49.4 Å². The Morgan fingerprint density at radius 3 is 2.52 bits per heavy atom. The molecule has 2 amide bonds. The van der Waals surface area contributed by atoms with E-state index in [4.69, 9.17) is 27.9 Å². The Morgan fingerprint density at radius 1 is 1.07 bits per heavy atom. The third-order valence-corrected chi connectivity index (χ3v) is 4.43. The molecule has 6 nitrogen and oxygen atoms in total. The summed E-state index contributed by atoms with van der Waals surface area (Å²) in [6, 6.07) is 12.8. The molecule has 0 aromatic heterocycles. The quantitative estimate of drug-likeness (QED) is 0.602. The molecule has 0 radical (unpaired) electrons. The number of rotatable bonds is 5. The molecule has 0 bridgehead atoms. The SMILES string of the molecule is CCOC(=O)c1cccc(NC2=C(Cl)C(=O)N(c3ccccc3Cl)C2=O)c1. The summed E-state index contributed by atoms with van der Waals surface area (Å²) in [4.78, 5) is 38.0. The van der Waals surface area contributed by atoms with Crippen LogP contribution < -0.4 is 10.2 Å². The fourth-order valence-corrected chi connectivity index (χ4v) is 2.98. The first-order valence-electron chi connectivity index (χ1n) is 8.01. The number of carbonyl (C=O) groups is 3. The van der Waals surface area contributed by atoms with Gasteiger partial charge in [0.05, 0.1) is 22.9 Å². The highest BCUT2D eigenvalue weighted by Gasteiger charge is 2.39. The molecule has 2 aromatic rings. The van der Waals surface area contributed by atoms with E-state index in [9.17, 15) is 14.4 Å². The summed E-state index contributed by atoms with van der Waals surface area (Å²) in [7, 11) is 0. The average molecular weight is 405 g/mol. The molecule has 2 aromatic carbocycles. The lowest BCUT2D eigenvalue weighted by Gasteiger charge is -2.16. The molecule has 1 N–H and O–H groups in total. The number of hydrogen-bond donors (Lipinski definition) is 1. The monoisotopic (exact) mass is 404 g/mol. The molecule has 27 heavy (non-hydrogen) atoms. The summed E-state index contributed by atoms with van der Waals surface area (Å²) in [5, 5.41) is 2.79. The molecule has 138 valence electrons. The first-order valence-corrected chi connectivity index (χ1v) is 8.77. The maximum absolute atomic E-state index is 12.8. The molecule has 0 aliphatic carbocycles.